The molecule has 0 bridgehead atoms. The van der Waals surface area contributed by atoms with E-state index in [1.54, 1.807) is 23.7 Å². The quantitative estimate of drug-likeness (QED) is 0.765. The van der Waals surface area contributed by atoms with E-state index >= 15 is 0 Å². The van der Waals surface area contributed by atoms with E-state index in [0.717, 1.165) is 23.4 Å². The van der Waals surface area contributed by atoms with Gasteiger partial charge >= 0.3 is 0 Å². The first-order chi connectivity index (χ1) is 12.9. The second-order valence-electron chi connectivity index (χ2n) is 8.01. The fourth-order valence-corrected chi connectivity index (χ4v) is 5.78. The van der Waals surface area contributed by atoms with Crippen LogP contribution in [0.5, 0.6) is 0 Å². The molecular weight excluding hydrogens is 362 g/mol. The Hall–Kier alpha value is -1.86. The molecule has 2 saturated heterocycles. The molecule has 0 radical (unpaired) electrons. The van der Waals surface area contributed by atoms with Crippen molar-refractivity contribution in [3.8, 4) is 0 Å². The molecule has 0 aliphatic carbocycles. The summed E-state index contributed by atoms with van der Waals surface area (Å²) in [5.41, 5.74) is 0.687. The van der Waals surface area contributed by atoms with E-state index in [4.69, 9.17) is 0 Å². The number of nitrogens with zero attached hydrogens (tertiary/aromatic N) is 2. The van der Waals surface area contributed by atoms with Crippen LogP contribution in [0, 0.1) is 11.8 Å². The molecule has 6 nitrogen and oxygen atoms in total. The van der Waals surface area contributed by atoms with Gasteiger partial charge < -0.3 is 10.2 Å². The summed E-state index contributed by atoms with van der Waals surface area (Å²) in [5.74, 6) is -0.555. The van der Waals surface area contributed by atoms with Gasteiger partial charge in [0.1, 0.15) is 17.9 Å². The summed E-state index contributed by atoms with van der Waals surface area (Å²) >= 11 is 1.72. The number of nitrogens with two attached hydrogens (primary N) is 1. The lowest BCUT2D eigenvalue weighted by Gasteiger charge is -2.28. The number of likely N-dealkylation sites (N-methyl/N-ethyl adjacent to an activating group) is 1. The van der Waals surface area contributed by atoms with Crippen molar-refractivity contribution < 1.29 is 19.7 Å². The Labute approximate surface area is 163 Å². The maximum atomic E-state index is 13.5. The van der Waals surface area contributed by atoms with Crippen LogP contribution in [0.2, 0.25) is 0 Å². The van der Waals surface area contributed by atoms with Crippen molar-refractivity contribution in [2.24, 2.45) is 11.8 Å². The number of quaternary nitrogens is 1. The fraction of sp³-hybridized carbons (Fsp3) is 0.550. The second-order valence-corrected chi connectivity index (χ2v) is 8.99. The minimum Gasteiger partial charge on any atom is -0.326 e. The number of carbonyl (C=O) groups excluding carboxylic acids is 3. The summed E-state index contributed by atoms with van der Waals surface area (Å²) in [4.78, 5) is 43.1. The minimum atomic E-state index is -1.02. The Kier molecular flexibility index (Phi) is 4.35. The first-order valence-corrected chi connectivity index (χ1v) is 10.8. The first kappa shape index (κ1) is 18.5. The van der Waals surface area contributed by atoms with E-state index in [1.807, 2.05) is 49.7 Å². The predicted octanol–water partition coefficient (Wildman–Crippen LogP) is 0.567. The highest BCUT2D eigenvalue weighted by Gasteiger charge is 2.74. The monoisotopic (exact) mass is 388 g/mol. The molecule has 144 valence electrons. The average Bonchev–Trinajstić information content (AvgIpc) is 3.20. The number of fused-ring (bicyclic) bond motifs is 4. The van der Waals surface area contributed by atoms with Gasteiger partial charge in [0.2, 0.25) is 17.4 Å². The molecule has 1 aromatic rings. The van der Waals surface area contributed by atoms with Crippen molar-refractivity contribution in [3.63, 3.8) is 0 Å². The van der Waals surface area contributed by atoms with Crippen LogP contribution < -0.4 is 10.2 Å². The van der Waals surface area contributed by atoms with Crippen LogP contribution in [0.4, 0.5) is 5.69 Å². The number of likely N-dealkylation sites (tertiary alicyclic amines) is 1. The molecular formula is C20H26N3O3S+. The third kappa shape index (κ3) is 2.27. The van der Waals surface area contributed by atoms with Gasteiger partial charge in [0.05, 0.1) is 5.69 Å². The van der Waals surface area contributed by atoms with Crippen LogP contribution in [0.3, 0.4) is 0 Å². The maximum Gasteiger partial charge on any atom is 0.293 e. The van der Waals surface area contributed by atoms with Crippen LogP contribution in [0.15, 0.2) is 24.3 Å². The summed E-state index contributed by atoms with van der Waals surface area (Å²) < 4.78 is 0. The van der Waals surface area contributed by atoms with E-state index in [-0.39, 0.29) is 29.8 Å². The third-order valence-corrected chi connectivity index (χ3v) is 7.00. The minimum absolute atomic E-state index is 0.0637. The molecule has 0 aromatic heterocycles. The lowest BCUT2D eigenvalue weighted by atomic mass is 9.76. The number of anilines is 1. The zero-order valence-corrected chi connectivity index (χ0v) is 17.0. The lowest BCUT2D eigenvalue weighted by molar-refractivity contribution is -0.733. The van der Waals surface area contributed by atoms with E-state index in [2.05, 4.69) is 0 Å². The first-order valence-electron chi connectivity index (χ1n) is 9.45. The molecule has 4 atom stereocenters. The van der Waals surface area contributed by atoms with Gasteiger partial charge in [-0.2, -0.15) is 11.8 Å². The summed E-state index contributed by atoms with van der Waals surface area (Å²) in [6.07, 6.45) is 2.84. The molecule has 1 spiro atoms. The van der Waals surface area contributed by atoms with Crippen molar-refractivity contribution in [1.82, 2.24) is 4.90 Å². The Balaban J connectivity index is 1.88. The highest BCUT2D eigenvalue weighted by atomic mass is 32.2. The highest BCUT2D eigenvalue weighted by molar-refractivity contribution is 7.98. The number of thioether (sulfide) groups is 1. The number of benzene rings is 1. The van der Waals surface area contributed by atoms with Gasteiger partial charge in [-0.15, -0.1) is 0 Å². The summed E-state index contributed by atoms with van der Waals surface area (Å²) in [7, 11) is 1.76. The average molecular weight is 389 g/mol. The van der Waals surface area contributed by atoms with Gasteiger partial charge in [-0.25, -0.2) is 0 Å². The topological polar surface area (TPSA) is 74.3 Å². The smallest absolute Gasteiger partial charge is 0.293 e. The van der Waals surface area contributed by atoms with E-state index in [0.29, 0.717) is 0 Å². The van der Waals surface area contributed by atoms with E-state index in [1.165, 1.54) is 4.90 Å². The van der Waals surface area contributed by atoms with Crippen molar-refractivity contribution in [2.75, 3.05) is 24.0 Å². The maximum absolute atomic E-state index is 13.5. The van der Waals surface area contributed by atoms with Crippen LogP contribution in [0.1, 0.15) is 25.8 Å². The highest BCUT2D eigenvalue weighted by Crippen LogP contribution is 2.51. The third-order valence-electron chi connectivity index (χ3n) is 6.36. The van der Waals surface area contributed by atoms with Crippen LogP contribution in [0.25, 0.3) is 0 Å². The fourth-order valence-electron chi connectivity index (χ4n) is 5.27. The van der Waals surface area contributed by atoms with Crippen molar-refractivity contribution in [2.45, 2.75) is 37.9 Å². The van der Waals surface area contributed by atoms with Gasteiger partial charge in [0.25, 0.3) is 5.91 Å². The Morgan fingerprint density at radius 1 is 1.19 bits per heavy atom. The second kappa shape index (κ2) is 6.34. The number of rotatable bonds is 4. The summed E-state index contributed by atoms with van der Waals surface area (Å²) in [5, 5.41) is 2.04. The lowest BCUT2D eigenvalue weighted by Crippen LogP contribution is -2.99. The number of carbonyl (C=O) groups is 3. The van der Waals surface area contributed by atoms with Gasteiger partial charge in [0.15, 0.2) is 0 Å². The van der Waals surface area contributed by atoms with Crippen LogP contribution >= 0.6 is 11.8 Å². The summed E-state index contributed by atoms with van der Waals surface area (Å²) in [6, 6.07) is 7.41. The van der Waals surface area contributed by atoms with Gasteiger partial charge in [-0.05, 0) is 31.9 Å². The number of hydrogen-bond donors (Lipinski definition) is 1. The standard InChI is InChI=1S/C20H25N3O3S/c1-11(2)23-17(24)15-13(9-10-27-4)21-20(16(15)18(23)25)12-7-5-6-8-14(12)22(3)19(20)26/h5-8,11,13,15-16,21H,9-10H2,1-4H3/p+1/t13-,15+,16-,20+/m0/s1. The number of imide groups is 1. The Bertz CT molecular complexity index is 826. The zero-order valence-electron chi connectivity index (χ0n) is 16.1. The predicted molar refractivity (Wildman–Crippen MR) is 104 cm³/mol. The molecule has 3 aliphatic heterocycles. The molecule has 1 aromatic carbocycles. The molecule has 27 heavy (non-hydrogen) atoms. The van der Waals surface area contributed by atoms with E-state index < -0.39 is 17.4 Å². The molecule has 3 amide bonds. The van der Waals surface area contributed by atoms with Crippen molar-refractivity contribution in [3.05, 3.63) is 29.8 Å². The van der Waals surface area contributed by atoms with Crippen molar-refractivity contribution in [1.29, 1.82) is 0 Å². The molecule has 3 heterocycles. The molecule has 2 fully saturated rings. The van der Waals surface area contributed by atoms with Gasteiger partial charge in [-0.3, -0.25) is 19.3 Å². The number of hydrogen-bond acceptors (Lipinski definition) is 4. The van der Waals surface area contributed by atoms with Gasteiger partial charge in [-0.1, -0.05) is 18.2 Å². The van der Waals surface area contributed by atoms with Gasteiger partial charge in [0, 0.05) is 25.1 Å². The SMILES string of the molecule is CSCC[C@@H]1[NH2+][C@@]2(C(=O)N(C)c3ccccc32)[C@@H]2C(=O)N(C(C)C)C(=O)[C@H]12. The Morgan fingerprint density at radius 3 is 2.56 bits per heavy atom. The zero-order chi connectivity index (χ0) is 19.5. The largest absolute Gasteiger partial charge is 0.326 e. The molecule has 4 rings (SSSR count). The molecule has 7 heteroatoms. The normalized spacial score (nSPS) is 32.2. The number of amides is 3. The van der Waals surface area contributed by atoms with E-state index in [9.17, 15) is 14.4 Å². The van der Waals surface area contributed by atoms with Crippen molar-refractivity contribution >= 4 is 35.2 Å². The molecule has 0 unspecified atom stereocenters. The molecule has 3 aliphatic rings. The Morgan fingerprint density at radius 2 is 1.89 bits per heavy atom. The summed E-state index contributed by atoms with van der Waals surface area (Å²) in [6.45, 7) is 3.72. The molecule has 0 saturated carbocycles. The molecule has 2 N–H and O–H groups in total. The van der Waals surface area contributed by atoms with Crippen LogP contribution in [-0.2, 0) is 19.9 Å². The number of para-hydroxylation sites is 1. The van der Waals surface area contributed by atoms with Crippen LogP contribution in [-0.4, -0.2) is 53.8 Å².